The number of hydrogen-bond acceptors (Lipinski definition) is 5. The van der Waals surface area contributed by atoms with Crippen molar-refractivity contribution in [3.63, 3.8) is 0 Å². The van der Waals surface area contributed by atoms with E-state index in [1.807, 2.05) is 20.8 Å². The fourth-order valence-electron chi connectivity index (χ4n) is 2.46. The van der Waals surface area contributed by atoms with E-state index in [4.69, 9.17) is 9.72 Å². The molecule has 0 aliphatic heterocycles. The van der Waals surface area contributed by atoms with Gasteiger partial charge in [0.05, 0.1) is 0 Å². The molecule has 0 aromatic carbocycles. The summed E-state index contributed by atoms with van der Waals surface area (Å²) >= 11 is 0. The molecule has 1 rings (SSSR count). The van der Waals surface area contributed by atoms with Crippen molar-refractivity contribution >= 4 is 11.9 Å². The van der Waals surface area contributed by atoms with Gasteiger partial charge in [-0.1, -0.05) is 33.3 Å². The normalized spacial score (nSPS) is 10.2. The molecule has 6 nitrogen and oxygen atoms in total. The maximum atomic E-state index is 10.9. The van der Waals surface area contributed by atoms with Gasteiger partial charge in [0.2, 0.25) is 0 Å². The number of pyridine rings is 1. The molecule has 0 aliphatic rings. The lowest BCUT2D eigenvalue weighted by Gasteiger charge is -2.23. The van der Waals surface area contributed by atoms with Crippen molar-refractivity contribution in [2.75, 3.05) is 46.3 Å². The highest BCUT2D eigenvalue weighted by molar-refractivity contribution is 5.67. The Labute approximate surface area is 186 Å². The Balaban J connectivity index is 0. The lowest BCUT2D eigenvalue weighted by molar-refractivity contribution is 0.0341. The van der Waals surface area contributed by atoms with Gasteiger partial charge in [-0.25, -0.2) is 9.78 Å². The summed E-state index contributed by atoms with van der Waals surface area (Å²) in [4.78, 5) is 19.5. The van der Waals surface area contributed by atoms with E-state index in [0.717, 1.165) is 25.3 Å². The number of aryl methyl sites for hydroxylation is 2. The summed E-state index contributed by atoms with van der Waals surface area (Å²) in [7, 11) is 6.57. The molecule has 30 heavy (non-hydrogen) atoms. The summed E-state index contributed by atoms with van der Waals surface area (Å²) in [6, 6.07) is 4.38. The Morgan fingerprint density at radius 3 is 1.83 bits per heavy atom. The quantitative estimate of drug-likeness (QED) is 0.559. The van der Waals surface area contributed by atoms with E-state index in [1.54, 1.807) is 28.3 Å². The van der Waals surface area contributed by atoms with Crippen molar-refractivity contribution < 1.29 is 14.3 Å². The van der Waals surface area contributed by atoms with Gasteiger partial charge in [-0.15, -0.1) is 0 Å². The Kier molecular flexibility index (Phi) is 17.1. The first-order valence-electron chi connectivity index (χ1n) is 11.0. The Morgan fingerprint density at radius 1 is 1.00 bits per heavy atom. The number of anilines is 1. The number of aromatic nitrogens is 1. The van der Waals surface area contributed by atoms with E-state index >= 15 is 0 Å². The van der Waals surface area contributed by atoms with Crippen LogP contribution in [0.3, 0.4) is 0 Å². The first kappa shape index (κ1) is 30.4. The molecule has 0 unspecified atom stereocenters. The van der Waals surface area contributed by atoms with Gasteiger partial charge < -0.3 is 19.3 Å². The first-order chi connectivity index (χ1) is 14.0. The molecule has 0 N–H and O–H groups in total. The van der Waals surface area contributed by atoms with Gasteiger partial charge in [-0.2, -0.15) is 0 Å². The van der Waals surface area contributed by atoms with Crippen LogP contribution in [0.4, 0.5) is 10.6 Å². The van der Waals surface area contributed by atoms with Crippen molar-refractivity contribution in [3.05, 3.63) is 23.4 Å². The van der Waals surface area contributed by atoms with Crippen molar-refractivity contribution in [1.82, 2.24) is 9.88 Å². The zero-order valence-corrected chi connectivity index (χ0v) is 21.5. The summed E-state index contributed by atoms with van der Waals surface area (Å²) in [5.74, 6) is 1.16. The number of amides is 1. The molecule has 0 saturated heterocycles. The van der Waals surface area contributed by atoms with Crippen LogP contribution in [-0.2, 0) is 15.9 Å². The van der Waals surface area contributed by atoms with Crippen molar-refractivity contribution in [3.8, 4) is 0 Å². The third-order valence-corrected chi connectivity index (χ3v) is 3.74. The summed E-state index contributed by atoms with van der Waals surface area (Å²) in [6.07, 6.45) is 4.31. The number of ether oxygens (including phenoxy) is 2. The fourth-order valence-corrected chi connectivity index (χ4v) is 2.46. The third-order valence-electron chi connectivity index (χ3n) is 3.74. The largest absolute Gasteiger partial charge is 0.444 e. The van der Waals surface area contributed by atoms with Gasteiger partial charge in [0, 0.05) is 47.1 Å². The Morgan fingerprint density at radius 2 is 1.50 bits per heavy atom. The van der Waals surface area contributed by atoms with E-state index in [1.165, 1.54) is 35.4 Å². The van der Waals surface area contributed by atoms with Crippen LogP contribution < -0.4 is 4.90 Å². The van der Waals surface area contributed by atoms with Gasteiger partial charge in [-0.05, 0) is 58.6 Å². The van der Waals surface area contributed by atoms with Crippen LogP contribution in [0.25, 0.3) is 0 Å². The second-order valence-corrected chi connectivity index (χ2v) is 8.45. The molecular formula is C24H47N3O3. The van der Waals surface area contributed by atoms with Gasteiger partial charge in [0.15, 0.2) is 0 Å². The molecule has 1 aromatic rings. The lowest BCUT2D eigenvalue weighted by Crippen LogP contribution is -2.31. The van der Waals surface area contributed by atoms with Crippen molar-refractivity contribution in [2.45, 2.75) is 79.8 Å². The van der Waals surface area contributed by atoms with E-state index in [9.17, 15) is 4.79 Å². The van der Waals surface area contributed by atoms with Crippen LogP contribution in [0, 0.1) is 6.92 Å². The predicted octanol–water partition coefficient (Wildman–Crippen LogP) is 5.71. The minimum atomic E-state index is -0.388. The standard InChI is InChI=1S/C15H26N2.C7H15NO2.C2H6O/c1-5-8-14-13(4)9-10-15(16-14)17(11-6-2)12-7-3;1-7(2,3)10-6(9)8(4)5;1-3-2/h9-10H,5-8,11-12H2,1-4H3;1-5H3;1-2H3. The smallest absolute Gasteiger partial charge is 0.409 e. The van der Waals surface area contributed by atoms with Crippen molar-refractivity contribution in [1.29, 1.82) is 0 Å². The minimum Gasteiger partial charge on any atom is -0.444 e. The Bertz CT molecular complexity index is 563. The topological polar surface area (TPSA) is 54.9 Å². The molecule has 1 heterocycles. The van der Waals surface area contributed by atoms with E-state index < -0.39 is 0 Å². The molecule has 6 heteroatoms. The van der Waals surface area contributed by atoms with Crippen LogP contribution in [0.5, 0.6) is 0 Å². The van der Waals surface area contributed by atoms with Crippen LogP contribution in [0.1, 0.15) is 72.1 Å². The molecule has 0 saturated carbocycles. The average Bonchev–Trinajstić information content (AvgIpc) is 2.63. The van der Waals surface area contributed by atoms with Gasteiger partial charge >= 0.3 is 6.09 Å². The molecule has 176 valence electrons. The van der Waals surface area contributed by atoms with Crippen molar-refractivity contribution in [2.24, 2.45) is 0 Å². The van der Waals surface area contributed by atoms with Gasteiger partial charge in [0.25, 0.3) is 0 Å². The van der Waals surface area contributed by atoms with Gasteiger partial charge in [0.1, 0.15) is 11.4 Å². The zero-order valence-electron chi connectivity index (χ0n) is 21.5. The molecule has 1 amide bonds. The Hall–Kier alpha value is -1.82. The second-order valence-electron chi connectivity index (χ2n) is 8.45. The molecule has 0 radical (unpaired) electrons. The molecule has 0 spiro atoms. The maximum absolute atomic E-state index is 10.9. The highest BCUT2D eigenvalue weighted by atomic mass is 16.6. The van der Waals surface area contributed by atoms with E-state index in [2.05, 4.69) is 49.5 Å². The van der Waals surface area contributed by atoms with E-state index in [0.29, 0.717) is 0 Å². The number of carbonyl (C=O) groups excluding carboxylic acids is 1. The van der Waals surface area contributed by atoms with Crippen LogP contribution in [0.2, 0.25) is 0 Å². The molecule has 0 atom stereocenters. The lowest BCUT2D eigenvalue weighted by atomic mass is 10.1. The number of rotatable bonds is 7. The second kappa shape index (κ2) is 16.9. The molecule has 1 aromatic heterocycles. The highest BCUT2D eigenvalue weighted by Gasteiger charge is 2.16. The zero-order chi connectivity index (χ0) is 23.7. The van der Waals surface area contributed by atoms with Crippen LogP contribution in [-0.4, -0.2) is 63.0 Å². The summed E-state index contributed by atoms with van der Waals surface area (Å²) < 4.78 is 9.24. The average molecular weight is 426 g/mol. The number of methoxy groups -OCH3 is 1. The summed E-state index contributed by atoms with van der Waals surface area (Å²) in [6.45, 7) is 16.6. The van der Waals surface area contributed by atoms with Crippen LogP contribution >= 0.6 is 0 Å². The monoisotopic (exact) mass is 425 g/mol. The number of hydrogen-bond donors (Lipinski definition) is 0. The fraction of sp³-hybridized carbons (Fsp3) is 0.750. The maximum Gasteiger partial charge on any atom is 0.409 e. The third kappa shape index (κ3) is 15.1. The van der Waals surface area contributed by atoms with E-state index in [-0.39, 0.29) is 11.7 Å². The predicted molar refractivity (Wildman–Crippen MR) is 129 cm³/mol. The van der Waals surface area contributed by atoms with Crippen LogP contribution in [0.15, 0.2) is 12.1 Å². The highest BCUT2D eigenvalue weighted by Crippen LogP contribution is 2.16. The molecule has 0 fully saturated rings. The summed E-state index contributed by atoms with van der Waals surface area (Å²) in [5.41, 5.74) is 2.20. The minimum absolute atomic E-state index is 0.299. The van der Waals surface area contributed by atoms with Gasteiger partial charge in [-0.3, -0.25) is 0 Å². The SMILES string of the molecule is CCCc1nc(N(CCC)CCC)ccc1C.CN(C)C(=O)OC(C)(C)C.COC. The summed E-state index contributed by atoms with van der Waals surface area (Å²) in [5, 5.41) is 0. The number of nitrogens with zero attached hydrogens (tertiary/aromatic N) is 3. The first-order valence-corrected chi connectivity index (χ1v) is 11.0. The molecular weight excluding hydrogens is 378 g/mol. The number of carbonyl (C=O) groups is 1. The molecule has 0 bridgehead atoms. The molecule has 0 aliphatic carbocycles.